The quantitative estimate of drug-likeness (QED) is 0.829. The van der Waals surface area contributed by atoms with E-state index in [0.29, 0.717) is 5.75 Å². The molecule has 1 spiro atoms. The molecule has 2 aromatic carbocycles. The number of hydrogen-bond acceptors (Lipinski definition) is 5. The van der Waals surface area contributed by atoms with E-state index in [2.05, 4.69) is 49.3 Å². The van der Waals surface area contributed by atoms with E-state index in [1.54, 1.807) is 13.2 Å². The molecule has 1 saturated heterocycles. The lowest BCUT2D eigenvalue weighted by atomic mass is 9.87. The molecule has 0 aliphatic carbocycles. The van der Waals surface area contributed by atoms with E-state index in [0.717, 1.165) is 43.6 Å². The van der Waals surface area contributed by atoms with Crippen LogP contribution in [0.1, 0.15) is 47.6 Å². The van der Waals surface area contributed by atoms with Gasteiger partial charge in [0.25, 0.3) is 0 Å². The lowest BCUT2D eigenvalue weighted by molar-refractivity contribution is 0.144. The van der Waals surface area contributed by atoms with Crippen molar-refractivity contribution in [3.63, 3.8) is 0 Å². The van der Waals surface area contributed by atoms with Crippen LogP contribution in [0.25, 0.3) is 0 Å². The SMILES string of the molecule is COc1cccc([C@H]2CC(c3ccc(C)c(C)c3)=NC3(CCN(C)CC3)N2)c1O. The predicted molar refractivity (Wildman–Crippen MR) is 117 cm³/mol. The Morgan fingerprint density at radius 1 is 1.14 bits per heavy atom. The molecule has 2 aliphatic rings. The Bertz CT molecular complexity index is 930. The molecular weight excluding hydrogens is 362 g/mol. The summed E-state index contributed by atoms with van der Waals surface area (Å²) in [5, 5.41) is 14.6. The van der Waals surface area contributed by atoms with Crippen molar-refractivity contribution < 1.29 is 9.84 Å². The zero-order valence-electron chi connectivity index (χ0n) is 17.8. The summed E-state index contributed by atoms with van der Waals surface area (Å²) in [4.78, 5) is 7.61. The number of nitrogens with one attached hydrogen (secondary N) is 1. The first kappa shape index (κ1) is 19.9. The number of aryl methyl sites for hydroxylation is 2. The normalized spacial score (nSPS) is 21.8. The van der Waals surface area contributed by atoms with Gasteiger partial charge >= 0.3 is 0 Å². The van der Waals surface area contributed by atoms with Crippen molar-refractivity contribution in [2.75, 3.05) is 27.2 Å². The number of phenolic OH excluding ortho intramolecular Hbond substituents is 1. The molecule has 0 amide bonds. The third kappa shape index (κ3) is 3.89. The second-order valence-electron chi connectivity index (χ2n) is 8.49. The topological polar surface area (TPSA) is 57.1 Å². The van der Waals surface area contributed by atoms with Crippen LogP contribution < -0.4 is 10.1 Å². The summed E-state index contributed by atoms with van der Waals surface area (Å²) in [6.07, 6.45) is 2.65. The molecule has 154 valence electrons. The van der Waals surface area contributed by atoms with Crippen LogP contribution >= 0.6 is 0 Å². The molecule has 0 aromatic heterocycles. The fraction of sp³-hybridized carbons (Fsp3) is 0.458. The number of phenols is 1. The molecule has 0 bridgehead atoms. The molecule has 5 heteroatoms. The van der Waals surface area contributed by atoms with Crippen LogP contribution in [0.5, 0.6) is 11.5 Å². The highest BCUT2D eigenvalue weighted by molar-refractivity contribution is 6.02. The van der Waals surface area contributed by atoms with E-state index in [4.69, 9.17) is 9.73 Å². The van der Waals surface area contributed by atoms with Crippen LogP contribution in [-0.4, -0.2) is 48.6 Å². The van der Waals surface area contributed by atoms with Gasteiger partial charge in [-0.25, -0.2) is 0 Å². The van der Waals surface area contributed by atoms with Gasteiger partial charge in [-0.05, 0) is 62.6 Å². The number of piperidine rings is 1. The summed E-state index contributed by atoms with van der Waals surface area (Å²) < 4.78 is 5.35. The van der Waals surface area contributed by atoms with Crippen LogP contribution in [0, 0.1) is 13.8 Å². The maximum Gasteiger partial charge on any atom is 0.162 e. The number of ether oxygens (including phenoxy) is 1. The molecule has 29 heavy (non-hydrogen) atoms. The van der Waals surface area contributed by atoms with E-state index >= 15 is 0 Å². The van der Waals surface area contributed by atoms with Crippen molar-refractivity contribution in [3.8, 4) is 11.5 Å². The van der Waals surface area contributed by atoms with E-state index in [1.165, 1.54) is 16.7 Å². The minimum absolute atomic E-state index is 0.0115. The standard InChI is InChI=1S/C24H31N3O2/c1-16-8-9-18(14-17(16)2)20-15-21(19-6-5-7-22(29-4)23(19)28)26-24(25-20)10-12-27(3)13-11-24/h5-9,14,21,26,28H,10-13,15H2,1-4H3/t21-/m1/s1. The molecule has 0 radical (unpaired) electrons. The Labute approximate surface area is 173 Å². The molecule has 4 rings (SSSR count). The maximum atomic E-state index is 10.8. The van der Waals surface area contributed by atoms with E-state index < -0.39 is 0 Å². The number of para-hydroxylation sites is 1. The average molecular weight is 394 g/mol. The van der Waals surface area contributed by atoms with Gasteiger partial charge in [0.05, 0.1) is 7.11 Å². The average Bonchev–Trinajstić information content (AvgIpc) is 2.72. The van der Waals surface area contributed by atoms with E-state index in [-0.39, 0.29) is 17.5 Å². The van der Waals surface area contributed by atoms with Gasteiger partial charge in [-0.2, -0.15) is 0 Å². The molecule has 0 saturated carbocycles. The largest absolute Gasteiger partial charge is 0.504 e. The predicted octanol–water partition coefficient (Wildman–Crippen LogP) is 3.96. The van der Waals surface area contributed by atoms with Crippen molar-refractivity contribution in [1.82, 2.24) is 10.2 Å². The van der Waals surface area contributed by atoms with E-state index in [9.17, 15) is 5.11 Å². The zero-order chi connectivity index (χ0) is 20.6. The monoisotopic (exact) mass is 393 g/mol. The number of aliphatic imine (C=N–C) groups is 1. The zero-order valence-corrected chi connectivity index (χ0v) is 17.8. The first-order valence-electron chi connectivity index (χ1n) is 10.4. The number of likely N-dealkylation sites (tertiary alicyclic amines) is 1. The van der Waals surface area contributed by atoms with Gasteiger partial charge in [-0.3, -0.25) is 10.3 Å². The molecule has 2 aromatic rings. The van der Waals surface area contributed by atoms with Gasteiger partial charge in [-0.15, -0.1) is 0 Å². The summed E-state index contributed by atoms with van der Waals surface area (Å²) in [7, 11) is 3.75. The van der Waals surface area contributed by atoms with E-state index in [1.807, 2.05) is 12.1 Å². The second-order valence-corrected chi connectivity index (χ2v) is 8.49. The molecular formula is C24H31N3O2. The van der Waals surface area contributed by atoms with Gasteiger partial charge in [0, 0.05) is 36.8 Å². The van der Waals surface area contributed by atoms with Gasteiger partial charge in [0.15, 0.2) is 11.5 Å². The fourth-order valence-electron chi connectivity index (χ4n) is 4.43. The number of aromatic hydroxyl groups is 1. The van der Waals surface area contributed by atoms with Gasteiger partial charge < -0.3 is 14.7 Å². The molecule has 0 unspecified atom stereocenters. The molecule has 2 aliphatic heterocycles. The van der Waals surface area contributed by atoms with Crippen molar-refractivity contribution in [2.24, 2.45) is 4.99 Å². The van der Waals surface area contributed by atoms with Crippen molar-refractivity contribution in [1.29, 1.82) is 0 Å². The molecule has 1 fully saturated rings. The minimum Gasteiger partial charge on any atom is -0.504 e. The molecule has 5 nitrogen and oxygen atoms in total. The Kier molecular flexibility index (Phi) is 5.36. The van der Waals surface area contributed by atoms with Crippen LogP contribution in [0.2, 0.25) is 0 Å². The lowest BCUT2D eigenvalue weighted by Crippen LogP contribution is -2.55. The number of nitrogens with zero attached hydrogens (tertiary/aromatic N) is 2. The van der Waals surface area contributed by atoms with Gasteiger partial charge in [0.2, 0.25) is 0 Å². The van der Waals surface area contributed by atoms with Gasteiger partial charge in [0.1, 0.15) is 5.66 Å². The number of benzene rings is 2. The third-order valence-electron chi connectivity index (χ3n) is 6.47. The second kappa shape index (κ2) is 7.81. The Hall–Kier alpha value is -2.37. The number of methoxy groups -OCH3 is 1. The van der Waals surface area contributed by atoms with Crippen LogP contribution in [0.4, 0.5) is 0 Å². The highest BCUT2D eigenvalue weighted by Gasteiger charge is 2.40. The van der Waals surface area contributed by atoms with Crippen LogP contribution in [-0.2, 0) is 0 Å². The molecule has 1 atom stereocenters. The number of rotatable bonds is 3. The number of hydrogen-bond donors (Lipinski definition) is 2. The summed E-state index contributed by atoms with van der Waals surface area (Å²) in [5.74, 6) is 0.730. The van der Waals surface area contributed by atoms with Crippen LogP contribution in [0.15, 0.2) is 41.4 Å². The van der Waals surface area contributed by atoms with Crippen molar-refractivity contribution in [3.05, 3.63) is 58.7 Å². The van der Waals surface area contributed by atoms with Crippen molar-refractivity contribution in [2.45, 2.75) is 44.8 Å². The smallest absolute Gasteiger partial charge is 0.162 e. The Morgan fingerprint density at radius 3 is 2.59 bits per heavy atom. The maximum absolute atomic E-state index is 10.8. The molecule has 2 N–H and O–H groups in total. The summed E-state index contributed by atoms with van der Waals surface area (Å²) >= 11 is 0. The summed E-state index contributed by atoms with van der Waals surface area (Å²) in [6.45, 7) is 6.30. The Balaban J connectivity index is 1.76. The summed E-state index contributed by atoms with van der Waals surface area (Å²) in [6, 6.07) is 12.3. The fourth-order valence-corrected chi connectivity index (χ4v) is 4.43. The third-order valence-corrected chi connectivity index (χ3v) is 6.47. The van der Waals surface area contributed by atoms with Gasteiger partial charge in [-0.1, -0.05) is 24.3 Å². The first-order chi connectivity index (χ1) is 13.9. The van der Waals surface area contributed by atoms with Crippen molar-refractivity contribution >= 4 is 5.71 Å². The lowest BCUT2D eigenvalue weighted by Gasteiger charge is -2.44. The highest BCUT2D eigenvalue weighted by Crippen LogP contribution is 2.40. The Morgan fingerprint density at radius 2 is 1.90 bits per heavy atom. The minimum atomic E-state index is -0.293. The first-order valence-corrected chi connectivity index (χ1v) is 10.4. The highest BCUT2D eigenvalue weighted by atomic mass is 16.5. The molecule has 2 heterocycles. The van der Waals surface area contributed by atoms with Crippen LogP contribution in [0.3, 0.4) is 0 Å². The summed E-state index contributed by atoms with van der Waals surface area (Å²) in [5.41, 5.74) is 5.45.